The number of alkyl halides is 3. The Labute approximate surface area is 102 Å². The number of benzene rings is 1. The zero-order valence-electron chi connectivity index (χ0n) is 9.52. The van der Waals surface area contributed by atoms with Gasteiger partial charge in [-0.05, 0) is 31.5 Å². The van der Waals surface area contributed by atoms with Crippen LogP contribution in [0, 0.1) is 6.92 Å². The molecule has 0 aromatic heterocycles. The monoisotopic (exact) mass is 268 g/mol. The van der Waals surface area contributed by atoms with Crippen LogP contribution in [0.2, 0.25) is 5.02 Å². The summed E-state index contributed by atoms with van der Waals surface area (Å²) in [6, 6.07) is 2.43. The van der Waals surface area contributed by atoms with Crippen molar-refractivity contribution in [1.29, 1.82) is 0 Å². The van der Waals surface area contributed by atoms with Gasteiger partial charge in [-0.2, -0.15) is 13.2 Å². The van der Waals surface area contributed by atoms with Crippen LogP contribution in [0.15, 0.2) is 12.1 Å². The van der Waals surface area contributed by atoms with Gasteiger partial charge in [0.25, 0.3) is 0 Å². The van der Waals surface area contributed by atoms with Crippen molar-refractivity contribution >= 4 is 11.6 Å². The van der Waals surface area contributed by atoms with Crippen molar-refractivity contribution in [3.05, 3.63) is 28.3 Å². The van der Waals surface area contributed by atoms with E-state index < -0.39 is 11.8 Å². The summed E-state index contributed by atoms with van der Waals surface area (Å²) in [6.45, 7) is 2.24. The van der Waals surface area contributed by atoms with Crippen molar-refractivity contribution in [3.8, 4) is 5.75 Å². The molecule has 0 heterocycles. The molecule has 96 valence electrons. The largest absolute Gasteiger partial charge is 0.496 e. The van der Waals surface area contributed by atoms with Crippen molar-refractivity contribution in [2.24, 2.45) is 0 Å². The van der Waals surface area contributed by atoms with E-state index in [9.17, 15) is 18.3 Å². The highest BCUT2D eigenvalue weighted by molar-refractivity contribution is 6.31. The summed E-state index contributed by atoms with van der Waals surface area (Å²) in [5, 5.41) is 9.36. The molecule has 2 nitrogen and oxygen atoms in total. The maximum absolute atomic E-state index is 12.7. The molecule has 1 aromatic rings. The van der Waals surface area contributed by atoms with E-state index >= 15 is 0 Å². The molecule has 6 heteroatoms. The maximum atomic E-state index is 12.7. The molecule has 1 atom stereocenters. The molecule has 17 heavy (non-hydrogen) atoms. The van der Waals surface area contributed by atoms with Crippen LogP contribution in [0.1, 0.15) is 18.1 Å². The van der Waals surface area contributed by atoms with Crippen LogP contribution in [-0.2, 0) is 5.60 Å². The lowest BCUT2D eigenvalue weighted by Gasteiger charge is -2.28. The Kier molecular flexibility index (Phi) is 3.64. The minimum atomic E-state index is -4.79. The number of hydrogen-bond acceptors (Lipinski definition) is 2. The van der Waals surface area contributed by atoms with E-state index in [2.05, 4.69) is 0 Å². The molecule has 0 bridgehead atoms. The first-order valence-electron chi connectivity index (χ1n) is 4.75. The Bertz CT molecular complexity index is 427. The minimum absolute atomic E-state index is 0.185. The van der Waals surface area contributed by atoms with Gasteiger partial charge in [0.15, 0.2) is 5.60 Å². The Balaban J connectivity index is 3.38. The van der Waals surface area contributed by atoms with Gasteiger partial charge in [0, 0.05) is 5.56 Å². The van der Waals surface area contributed by atoms with Crippen molar-refractivity contribution in [2.75, 3.05) is 7.11 Å². The summed E-state index contributed by atoms with van der Waals surface area (Å²) in [6.07, 6.45) is -4.79. The van der Waals surface area contributed by atoms with Crippen LogP contribution in [0.3, 0.4) is 0 Å². The van der Waals surface area contributed by atoms with Gasteiger partial charge in [0.2, 0.25) is 0 Å². The summed E-state index contributed by atoms with van der Waals surface area (Å²) in [5.74, 6) is 0.372. The topological polar surface area (TPSA) is 29.5 Å². The lowest BCUT2D eigenvalue weighted by atomic mass is 9.93. The molecular weight excluding hydrogens is 257 g/mol. The number of aryl methyl sites for hydroxylation is 1. The minimum Gasteiger partial charge on any atom is -0.496 e. The molecule has 0 saturated carbocycles. The van der Waals surface area contributed by atoms with Crippen LogP contribution in [0.25, 0.3) is 0 Å². The quantitative estimate of drug-likeness (QED) is 0.890. The normalized spacial score (nSPS) is 15.5. The average Bonchev–Trinajstić information content (AvgIpc) is 2.18. The molecule has 0 saturated heterocycles. The predicted octanol–water partition coefficient (Wildman–Crippen LogP) is 3.43. The van der Waals surface area contributed by atoms with E-state index in [0.29, 0.717) is 18.2 Å². The first-order chi connectivity index (χ1) is 7.61. The fourth-order valence-electron chi connectivity index (χ4n) is 1.41. The Morgan fingerprint density at radius 2 is 1.82 bits per heavy atom. The summed E-state index contributed by atoms with van der Waals surface area (Å²) in [7, 11) is 1.39. The van der Waals surface area contributed by atoms with E-state index in [1.807, 2.05) is 0 Å². The number of methoxy groups -OCH3 is 1. The molecule has 0 spiro atoms. The van der Waals surface area contributed by atoms with Crippen molar-refractivity contribution < 1.29 is 23.0 Å². The van der Waals surface area contributed by atoms with E-state index in [4.69, 9.17) is 16.3 Å². The SMILES string of the molecule is COc1cc(Cl)c(C(C)(O)C(F)(F)F)cc1C. The molecule has 1 rings (SSSR count). The van der Waals surface area contributed by atoms with Gasteiger partial charge in [0.05, 0.1) is 12.1 Å². The van der Waals surface area contributed by atoms with Crippen LogP contribution in [0.4, 0.5) is 13.2 Å². The van der Waals surface area contributed by atoms with Gasteiger partial charge >= 0.3 is 6.18 Å². The number of hydrogen-bond donors (Lipinski definition) is 1. The smallest absolute Gasteiger partial charge is 0.421 e. The third kappa shape index (κ3) is 2.50. The fraction of sp³-hybridized carbons (Fsp3) is 0.455. The molecule has 0 amide bonds. The molecular formula is C11H12ClF3O2. The molecule has 1 unspecified atom stereocenters. The Morgan fingerprint density at radius 3 is 2.24 bits per heavy atom. The second-order valence-corrected chi connectivity index (χ2v) is 4.28. The van der Waals surface area contributed by atoms with Crippen LogP contribution in [0.5, 0.6) is 5.75 Å². The highest BCUT2D eigenvalue weighted by Crippen LogP contribution is 2.43. The van der Waals surface area contributed by atoms with Crippen LogP contribution in [-0.4, -0.2) is 18.4 Å². The molecule has 0 radical (unpaired) electrons. The van der Waals surface area contributed by atoms with Gasteiger partial charge in [0.1, 0.15) is 5.75 Å². The van der Waals surface area contributed by atoms with E-state index in [-0.39, 0.29) is 10.6 Å². The molecule has 0 aliphatic rings. The summed E-state index contributed by atoms with van der Waals surface area (Å²) in [5.41, 5.74) is -2.90. The van der Waals surface area contributed by atoms with Crippen LogP contribution < -0.4 is 4.74 Å². The molecule has 1 N–H and O–H groups in total. The lowest BCUT2D eigenvalue weighted by molar-refractivity contribution is -0.258. The number of ether oxygens (including phenoxy) is 1. The van der Waals surface area contributed by atoms with Gasteiger partial charge in [-0.1, -0.05) is 11.6 Å². The first-order valence-corrected chi connectivity index (χ1v) is 5.12. The summed E-state index contributed by atoms with van der Waals surface area (Å²) >= 11 is 5.73. The van der Waals surface area contributed by atoms with Crippen molar-refractivity contribution in [1.82, 2.24) is 0 Å². The highest BCUT2D eigenvalue weighted by Gasteiger charge is 2.52. The summed E-state index contributed by atoms with van der Waals surface area (Å²) in [4.78, 5) is 0. The molecule has 0 aliphatic heterocycles. The van der Waals surface area contributed by atoms with Crippen LogP contribution >= 0.6 is 11.6 Å². The van der Waals surface area contributed by atoms with E-state index in [1.165, 1.54) is 19.2 Å². The Hall–Kier alpha value is -0.940. The number of halogens is 4. The third-order valence-corrected chi connectivity index (χ3v) is 2.87. The fourth-order valence-corrected chi connectivity index (χ4v) is 1.75. The second-order valence-electron chi connectivity index (χ2n) is 3.87. The zero-order valence-corrected chi connectivity index (χ0v) is 10.3. The first kappa shape index (κ1) is 14.1. The standard InChI is InChI=1S/C11H12ClF3O2/c1-6-4-7(8(12)5-9(6)17-3)10(2,16)11(13,14)15/h4-5,16H,1-3H3. The predicted molar refractivity (Wildman–Crippen MR) is 58.4 cm³/mol. The zero-order chi connectivity index (χ0) is 13.4. The van der Waals surface area contributed by atoms with Crippen molar-refractivity contribution in [2.45, 2.75) is 25.6 Å². The third-order valence-electron chi connectivity index (χ3n) is 2.56. The molecule has 0 aliphatic carbocycles. The number of aliphatic hydroxyl groups is 1. The van der Waals surface area contributed by atoms with Crippen molar-refractivity contribution in [3.63, 3.8) is 0 Å². The van der Waals surface area contributed by atoms with Gasteiger partial charge in [-0.15, -0.1) is 0 Å². The average molecular weight is 269 g/mol. The van der Waals surface area contributed by atoms with Gasteiger partial charge < -0.3 is 9.84 Å². The highest BCUT2D eigenvalue weighted by atomic mass is 35.5. The van der Waals surface area contributed by atoms with Gasteiger partial charge in [-0.3, -0.25) is 0 Å². The maximum Gasteiger partial charge on any atom is 0.421 e. The molecule has 1 aromatic carbocycles. The molecule has 0 fully saturated rings. The lowest BCUT2D eigenvalue weighted by Crippen LogP contribution is -2.39. The van der Waals surface area contributed by atoms with E-state index in [1.54, 1.807) is 6.92 Å². The number of rotatable bonds is 2. The van der Waals surface area contributed by atoms with E-state index in [0.717, 1.165) is 0 Å². The summed E-state index contributed by atoms with van der Waals surface area (Å²) < 4.78 is 43.0. The van der Waals surface area contributed by atoms with Gasteiger partial charge in [-0.25, -0.2) is 0 Å². The second kappa shape index (κ2) is 4.38. The Morgan fingerprint density at radius 1 is 1.29 bits per heavy atom.